The number of carboxylic acids is 1. The first-order valence-corrected chi connectivity index (χ1v) is 6.47. The zero-order valence-corrected chi connectivity index (χ0v) is 11.3. The Hall–Kier alpha value is -1.34. The van der Waals surface area contributed by atoms with Crippen LogP contribution in [0.3, 0.4) is 0 Å². The van der Waals surface area contributed by atoms with E-state index in [1.54, 1.807) is 0 Å². The van der Waals surface area contributed by atoms with Crippen molar-refractivity contribution in [1.82, 2.24) is 9.80 Å². The smallest absolute Gasteiger partial charge is 0.326 e. The molecular formula is C12H22N2O5. The molecule has 1 saturated heterocycles. The maximum absolute atomic E-state index is 12.3. The Morgan fingerprint density at radius 1 is 1.42 bits per heavy atom. The van der Waals surface area contributed by atoms with Crippen LogP contribution in [0.4, 0.5) is 4.79 Å². The van der Waals surface area contributed by atoms with E-state index in [-0.39, 0.29) is 25.6 Å². The summed E-state index contributed by atoms with van der Waals surface area (Å²) in [6.45, 7) is 4.04. The second-order valence-electron chi connectivity index (χ2n) is 5.04. The van der Waals surface area contributed by atoms with Crippen molar-refractivity contribution in [2.75, 3.05) is 19.7 Å². The minimum absolute atomic E-state index is 0.0263. The van der Waals surface area contributed by atoms with Gasteiger partial charge in [0.1, 0.15) is 6.04 Å². The molecule has 2 amide bonds. The number of aliphatic hydroxyl groups is 2. The summed E-state index contributed by atoms with van der Waals surface area (Å²) in [5.41, 5.74) is 0. The summed E-state index contributed by atoms with van der Waals surface area (Å²) in [7, 11) is 0. The molecule has 1 aliphatic heterocycles. The van der Waals surface area contributed by atoms with Crippen LogP contribution in [-0.2, 0) is 4.79 Å². The number of likely N-dealkylation sites (tertiary alicyclic amines) is 1. The van der Waals surface area contributed by atoms with E-state index in [0.29, 0.717) is 13.0 Å². The number of aliphatic hydroxyl groups excluding tert-OH is 2. The monoisotopic (exact) mass is 274 g/mol. The van der Waals surface area contributed by atoms with Gasteiger partial charge in [-0.2, -0.15) is 0 Å². The van der Waals surface area contributed by atoms with Crippen molar-refractivity contribution in [3.05, 3.63) is 0 Å². The number of rotatable bonds is 5. The van der Waals surface area contributed by atoms with E-state index < -0.39 is 24.1 Å². The fourth-order valence-corrected chi connectivity index (χ4v) is 2.24. The van der Waals surface area contributed by atoms with Gasteiger partial charge in [0.25, 0.3) is 0 Å². The van der Waals surface area contributed by atoms with Crippen LogP contribution in [0.5, 0.6) is 0 Å². The number of β-amino-alcohol motifs (C(OH)–C–C–N with tert-alkyl or cyclic N) is 1. The lowest BCUT2D eigenvalue weighted by Crippen LogP contribution is -2.50. The summed E-state index contributed by atoms with van der Waals surface area (Å²) < 4.78 is 0. The Balaban J connectivity index is 2.80. The van der Waals surface area contributed by atoms with E-state index >= 15 is 0 Å². The number of carboxylic acid groups (broad SMARTS) is 1. The molecule has 110 valence electrons. The van der Waals surface area contributed by atoms with E-state index in [0.717, 1.165) is 0 Å². The number of hydrogen-bond donors (Lipinski definition) is 3. The third-order valence-electron chi connectivity index (χ3n) is 3.24. The molecule has 0 saturated carbocycles. The van der Waals surface area contributed by atoms with Gasteiger partial charge < -0.3 is 25.1 Å². The lowest BCUT2D eigenvalue weighted by Gasteiger charge is -2.32. The quantitative estimate of drug-likeness (QED) is 0.640. The topological polar surface area (TPSA) is 101 Å². The first kappa shape index (κ1) is 15.7. The highest BCUT2D eigenvalue weighted by molar-refractivity contribution is 5.83. The largest absolute Gasteiger partial charge is 0.480 e. The Labute approximate surface area is 112 Å². The number of carbonyl (C=O) groups is 2. The summed E-state index contributed by atoms with van der Waals surface area (Å²) in [4.78, 5) is 26.2. The highest BCUT2D eigenvalue weighted by Crippen LogP contribution is 2.21. The number of aliphatic carboxylic acids is 1. The maximum Gasteiger partial charge on any atom is 0.326 e. The molecule has 0 bridgehead atoms. The normalized spacial score (nSPS) is 22.9. The van der Waals surface area contributed by atoms with Gasteiger partial charge >= 0.3 is 12.0 Å². The molecule has 0 aromatic rings. The molecule has 1 aliphatic rings. The molecule has 0 aromatic carbocycles. The predicted molar refractivity (Wildman–Crippen MR) is 67.7 cm³/mol. The Morgan fingerprint density at radius 3 is 2.53 bits per heavy atom. The zero-order valence-electron chi connectivity index (χ0n) is 11.3. The van der Waals surface area contributed by atoms with Gasteiger partial charge in [0.05, 0.1) is 6.10 Å². The molecule has 19 heavy (non-hydrogen) atoms. The molecule has 3 N–H and O–H groups in total. The molecule has 1 fully saturated rings. The van der Waals surface area contributed by atoms with Crippen LogP contribution in [0.25, 0.3) is 0 Å². The fourth-order valence-electron chi connectivity index (χ4n) is 2.24. The molecule has 0 aliphatic carbocycles. The van der Waals surface area contributed by atoms with E-state index in [4.69, 9.17) is 10.2 Å². The van der Waals surface area contributed by atoms with Crippen molar-refractivity contribution in [1.29, 1.82) is 0 Å². The summed E-state index contributed by atoms with van der Waals surface area (Å²) in [6, 6.07) is -1.46. The molecule has 0 radical (unpaired) electrons. The van der Waals surface area contributed by atoms with E-state index in [9.17, 15) is 14.7 Å². The van der Waals surface area contributed by atoms with Crippen molar-refractivity contribution in [3.8, 4) is 0 Å². The number of hydrogen-bond acceptors (Lipinski definition) is 4. The first-order valence-electron chi connectivity index (χ1n) is 6.47. The predicted octanol–water partition coefficient (Wildman–Crippen LogP) is -0.281. The number of nitrogens with zero attached hydrogens (tertiary/aromatic N) is 2. The molecule has 1 heterocycles. The van der Waals surface area contributed by atoms with Crippen LogP contribution in [0.15, 0.2) is 0 Å². The average molecular weight is 274 g/mol. The van der Waals surface area contributed by atoms with Gasteiger partial charge in [-0.1, -0.05) is 0 Å². The summed E-state index contributed by atoms with van der Waals surface area (Å²) >= 11 is 0. The third-order valence-corrected chi connectivity index (χ3v) is 3.24. The molecule has 0 spiro atoms. The zero-order chi connectivity index (χ0) is 14.6. The molecule has 0 aromatic heterocycles. The summed E-state index contributed by atoms with van der Waals surface area (Å²) in [5.74, 6) is -1.10. The van der Waals surface area contributed by atoms with Gasteiger partial charge in [0.2, 0.25) is 0 Å². The molecule has 7 nitrogen and oxygen atoms in total. The first-order chi connectivity index (χ1) is 8.88. The highest BCUT2D eigenvalue weighted by Gasteiger charge is 2.40. The molecule has 2 atom stereocenters. The lowest BCUT2D eigenvalue weighted by molar-refractivity contribution is -0.141. The van der Waals surface area contributed by atoms with Crippen molar-refractivity contribution in [3.63, 3.8) is 0 Å². The second kappa shape index (κ2) is 6.72. The highest BCUT2D eigenvalue weighted by atomic mass is 16.4. The molecular weight excluding hydrogens is 252 g/mol. The van der Waals surface area contributed by atoms with Crippen LogP contribution < -0.4 is 0 Å². The SMILES string of the molecule is CC(C)N(CCCO)C(=O)N1CC(O)CC1C(=O)O. The van der Waals surface area contributed by atoms with E-state index in [1.165, 1.54) is 9.80 Å². The van der Waals surface area contributed by atoms with Crippen molar-refractivity contribution < 1.29 is 24.9 Å². The van der Waals surface area contributed by atoms with Crippen molar-refractivity contribution in [2.24, 2.45) is 0 Å². The van der Waals surface area contributed by atoms with Crippen LogP contribution in [0, 0.1) is 0 Å². The number of urea groups is 1. The van der Waals surface area contributed by atoms with Gasteiger partial charge in [-0.15, -0.1) is 0 Å². The lowest BCUT2D eigenvalue weighted by atomic mass is 10.2. The average Bonchev–Trinajstić information content (AvgIpc) is 2.71. The van der Waals surface area contributed by atoms with Gasteiger partial charge in [0, 0.05) is 32.2 Å². The molecule has 1 rings (SSSR count). The summed E-state index contributed by atoms with van der Waals surface area (Å²) in [5, 5.41) is 27.5. The molecule has 2 unspecified atom stereocenters. The van der Waals surface area contributed by atoms with Crippen LogP contribution in [0.2, 0.25) is 0 Å². The van der Waals surface area contributed by atoms with Crippen LogP contribution >= 0.6 is 0 Å². The van der Waals surface area contributed by atoms with Crippen molar-refractivity contribution in [2.45, 2.75) is 44.9 Å². The van der Waals surface area contributed by atoms with Crippen molar-refractivity contribution >= 4 is 12.0 Å². The fraction of sp³-hybridized carbons (Fsp3) is 0.833. The molecule has 7 heteroatoms. The standard InChI is InChI=1S/C12H22N2O5/c1-8(2)13(4-3-5-15)12(19)14-7-9(16)6-10(14)11(17)18/h8-10,15-16H,3-7H2,1-2H3,(H,17,18). The number of carbonyl (C=O) groups excluding carboxylic acids is 1. The van der Waals surface area contributed by atoms with Gasteiger partial charge in [-0.3, -0.25) is 0 Å². The third kappa shape index (κ3) is 3.81. The summed E-state index contributed by atoms with van der Waals surface area (Å²) in [6.07, 6.45) is -0.290. The maximum atomic E-state index is 12.3. The number of amides is 2. The van der Waals surface area contributed by atoms with Gasteiger partial charge in [-0.05, 0) is 20.3 Å². The minimum atomic E-state index is -1.10. The van der Waals surface area contributed by atoms with E-state index in [1.807, 2.05) is 13.8 Å². The minimum Gasteiger partial charge on any atom is -0.480 e. The Morgan fingerprint density at radius 2 is 2.05 bits per heavy atom. The van der Waals surface area contributed by atoms with Gasteiger partial charge in [-0.25, -0.2) is 9.59 Å². The van der Waals surface area contributed by atoms with Gasteiger partial charge in [0.15, 0.2) is 0 Å². The Bertz CT molecular complexity index is 334. The Kier molecular flexibility index (Phi) is 5.56. The van der Waals surface area contributed by atoms with Crippen LogP contribution in [0.1, 0.15) is 26.7 Å². The van der Waals surface area contributed by atoms with Crippen LogP contribution in [-0.4, -0.2) is 75.0 Å². The second-order valence-corrected chi connectivity index (χ2v) is 5.04. The van der Waals surface area contributed by atoms with E-state index in [2.05, 4.69) is 0 Å².